The number of nitrogens with one attached hydrogen (secondary N) is 2. The summed E-state index contributed by atoms with van der Waals surface area (Å²) in [6.07, 6.45) is 2.00. The molecule has 0 radical (unpaired) electrons. The van der Waals surface area contributed by atoms with Crippen molar-refractivity contribution in [2.75, 3.05) is 10.7 Å². The van der Waals surface area contributed by atoms with Crippen molar-refractivity contribution in [1.82, 2.24) is 0 Å². The van der Waals surface area contributed by atoms with Crippen molar-refractivity contribution in [3.05, 3.63) is 59.7 Å². The summed E-state index contributed by atoms with van der Waals surface area (Å²) in [5.41, 5.74) is 5.95. The van der Waals surface area contributed by atoms with Gasteiger partial charge in [-0.15, -0.1) is 0 Å². The van der Waals surface area contributed by atoms with Crippen molar-refractivity contribution in [2.45, 2.75) is 19.8 Å². The molecule has 1 amide bonds. The van der Waals surface area contributed by atoms with Gasteiger partial charge in [-0.25, -0.2) is 0 Å². The normalized spacial score (nSPS) is 10.1. The Balaban J connectivity index is 2.14. The van der Waals surface area contributed by atoms with Crippen molar-refractivity contribution >= 4 is 17.3 Å². The van der Waals surface area contributed by atoms with E-state index in [9.17, 15) is 4.79 Å². The van der Waals surface area contributed by atoms with Gasteiger partial charge in [-0.2, -0.15) is 0 Å². The molecule has 4 N–H and O–H groups in total. The third-order valence-corrected chi connectivity index (χ3v) is 3.10. The number of amides is 1. The van der Waals surface area contributed by atoms with Gasteiger partial charge in [0.05, 0.1) is 0 Å². The number of hydrazine groups is 1. The summed E-state index contributed by atoms with van der Waals surface area (Å²) < 4.78 is 0. The zero-order chi connectivity index (χ0) is 14.4. The molecule has 2 rings (SSSR count). The van der Waals surface area contributed by atoms with Crippen LogP contribution in [-0.4, -0.2) is 5.91 Å². The average Bonchev–Trinajstić information content (AvgIpc) is 2.49. The van der Waals surface area contributed by atoms with Crippen LogP contribution in [0.1, 0.15) is 29.3 Å². The zero-order valence-corrected chi connectivity index (χ0v) is 11.5. The van der Waals surface area contributed by atoms with E-state index >= 15 is 0 Å². The first kappa shape index (κ1) is 14.1. The van der Waals surface area contributed by atoms with Crippen molar-refractivity contribution in [2.24, 2.45) is 5.84 Å². The molecule has 2 aromatic carbocycles. The van der Waals surface area contributed by atoms with Gasteiger partial charge in [0.25, 0.3) is 5.91 Å². The van der Waals surface area contributed by atoms with Gasteiger partial charge in [0.15, 0.2) is 0 Å². The molecule has 0 spiro atoms. The number of carbonyl (C=O) groups is 1. The van der Waals surface area contributed by atoms with Crippen LogP contribution in [0, 0.1) is 0 Å². The van der Waals surface area contributed by atoms with Crippen LogP contribution < -0.4 is 16.6 Å². The van der Waals surface area contributed by atoms with E-state index in [-0.39, 0.29) is 5.91 Å². The van der Waals surface area contributed by atoms with Gasteiger partial charge in [0, 0.05) is 16.9 Å². The molecule has 0 aliphatic rings. The number of carbonyl (C=O) groups excluding carboxylic acids is 1. The first-order chi connectivity index (χ1) is 9.74. The molecule has 0 aromatic heterocycles. The number of para-hydroxylation sites is 1. The summed E-state index contributed by atoms with van der Waals surface area (Å²) >= 11 is 0. The Labute approximate surface area is 119 Å². The van der Waals surface area contributed by atoms with Gasteiger partial charge in [0.1, 0.15) is 0 Å². The molecular weight excluding hydrogens is 250 g/mol. The smallest absolute Gasteiger partial charge is 0.255 e. The van der Waals surface area contributed by atoms with E-state index in [4.69, 9.17) is 5.84 Å². The first-order valence-corrected chi connectivity index (χ1v) is 6.70. The standard InChI is InChI=1S/C16H19N3O/c1-2-5-12-6-3-4-7-15(12)18-16(20)13-8-10-14(19-17)11-9-13/h3-4,6-11,19H,2,5,17H2,1H3,(H,18,20). The van der Waals surface area contributed by atoms with E-state index in [1.807, 2.05) is 24.3 Å². The maximum Gasteiger partial charge on any atom is 0.255 e. The maximum atomic E-state index is 12.2. The molecule has 0 aliphatic carbocycles. The fourth-order valence-corrected chi connectivity index (χ4v) is 2.04. The minimum absolute atomic E-state index is 0.114. The Morgan fingerprint density at radius 2 is 1.80 bits per heavy atom. The predicted octanol–water partition coefficient (Wildman–Crippen LogP) is 3.18. The van der Waals surface area contributed by atoms with Gasteiger partial charge < -0.3 is 10.7 Å². The molecule has 0 aliphatic heterocycles. The second-order valence-electron chi connectivity index (χ2n) is 4.58. The Bertz CT molecular complexity index is 579. The molecule has 4 nitrogen and oxygen atoms in total. The summed E-state index contributed by atoms with van der Waals surface area (Å²) in [6, 6.07) is 14.9. The molecule has 0 fully saturated rings. The van der Waals surface area contributed by atoms with Gasteiger partial charge >= 0.3 is 0 Å². The molecule has 20 heavy (non-hydrogen) atoms. The van der Waals surface area contributed by atoms with Gasteiger partial charge in [-0.1, -0.05) is 31.5 Å². The minimum Gasteiger partial charge on any atom is -0.324 e. The van der Waals surface area contributed by atoms with Crippen LogP contribution in [0.25, 0.3) is 0 Å². The topological polar surface area (TPSA) is 67.2 Å². The highest BCUT2D eigenvalue weighted by Crippen LogP contribution is 2.18. The van der Waals surface area contributed by atoms with Gasteiger partial charge in [0.2, 0.25) is 0 Å². The lowest BCUT2D eigenvalue weighted by Crippen LogP contribution is -2.13. The lowest BCUT2D eigenvalue weighted by atomic mass is 10.1. The lowest BCUT2D eigenvalue weighted by molar-refractivity contribution is 0.102. The number of hydrogen-bond acceptors (Lipinski definition) is 3. The molecule has 0 atom stereocenters. The lowest BCUT2D eigenvalue weighted by Gasteiger charge is -2.10. The maximum absolute atomic E-state index is 12.2. The first-order valence-electron chi connectivity index (χ1n) is 6.70. The Morgan fingerprint density at radius 3 is 2.45 bits per heavy atom. The Hall–Kier alpha value is -2.33. The summed E-state index contributed by atoms with van der Waals surface area (Å²) in [6.45, 7) is 2.12. The molecule has 0 saturated heterocycles. The van der Waals surface area contributed by atoms with Crippen molar-refractivity contribution < 1.29 is 4.79 Å². The summed E-state index contributed by atoms with van der Waals surface area (Å²) in [5, 5.41) is 2.96. The molecule has 0 saturated carbocycles. The van der Waals surface area contributed by atoms with Crippen LogP contribution in [0.3, 0.4) is 0 Å². The molecular formula is C16H19N3O. The van der Waals surface area contributed by atoms with Crippen molar-refractivity contribution in [1.29, 1.82) is 0 Å². The van der Waals surface area contributed by atoms with E-state index in [0.29, 0.717) is 5.56 Å². The molecule has 104 valence electrons. The molecule has 0 bridgehead atoms. The van der Waals surface area contributed by atoms with E-state index in [1.165, 1.54) is 0 Å². The monoisotopic (exact) mass is 269 g/mol. The fourth-order valence-electron chi connectivity index (χ4n) is 2.04. The number of hydrogen-bond donors (Lipinski definition) is 3. The molecule has 0 unspecified atom stereocenters. The molecule has 0 heterocycles. The summed E-state index contributed by atoms with van der Waals surface area (Å²) in [4.78, 5) is 12.2. The number of nitrogen functional groups attached to an aromatic ring is 1. The Morgan fingerprint density at radius 1 is 1.10 bits per heavy atom. The largest absolute Gasteiger partial charge is 0.324 e. The average molecular weight is 269 g/mol. The SMILES string of the molecule is CCCc1ccccc1NC(=O)c1ccc(NN)cc1. The predicted molar refractivity (Wildman–Crippen MR) is 82.6 cm³/mol. The highest BCUT2D eigenvalue weighted by molar-refractivity contribution is 6.04. The quantitative estimate of drug-likeness (QED) is 0.577. The number of anilines is 2. The van der Waals surface area contributed by atoms with Crippen LogP contribution in [0.4, 0.5) is 11.4 Å². The number of aryl methyl sites for hydroxylation is 1. The second-order valence-corrected chi connectivity index (χ2v) is 4.58. The highest BCUT2D eigenvalue weighted by Gasteiger charge is 2.08. The van der Waals surface area contributed by atoms with Gasteiger partial charge in [-0.3, -0.25) is 10.6 Å². The van der Waals surface area contributed by atoms with E-state index in [1.54, 1.807) is 24.3 Å². The van der Waals surface area contributed by atoms with Crippen LogP contribution in [0.5, 0.6) is 0 Å². The number of rotatable bonds is 5. The fraction of sp³-hybridized carbons (Fsp3) is 0.188. The third-order valence-electron chi connectivity index (χ3n) is 3.10. The highest BCUT2D eigenvalue weighted by atomic mass is 16.1. The molecule has 4 heteroatoms. The van der Waals surface area contributed by atoms with Crippen molar-refractivity contribution in [3.63, 3.8) is 0 Å². The van der Waals surface area contributed by atoms with E-state index in [0.717, 1.165) is 29.8 Å². The van der Waals surface area contributed by atoms with Crippen molar-refractivity contribution in [3.8, 4) is 0 Å². The van der Waals surface area contributed by atoms with Gasteiger partial charge in [-0.05, 0) is 42.3 Å². The summed E-state index contributed by atoms with van der Waals surface area (Å²) in [7, 11) is 0. The van der Waals surface area contributed by atoms with Crippen LogP contribution in [0.2, 0.25) is 0 Å². The number of benzene rings is 2. The third kappa shape index (κ3) is 3.36. The minimum atomic E-state index is -0.114. The zero-order valence-electron chi connectivity index (χ0n) is 11.5. The Kier molecular flexibility index (Phi) is 4.74. The van der Waals surface area contributed by atoms with Crippen LogP contribution in [-0.2, 0) is 6.42 Å². The van der Waals surface area contributed by atoms with Crippen LogP contribution in [0.15, 0.2) is 48.5 Å². The van der Waals surface area contributed by atoms with E-state index < -0.39 is 0 Å². The van der Waals surface area contributed by atoms with E-state index in [2.05, 4.69) is 17.7 Å². The number of nitrogens with two attached hydrogens (primary N) is 1. The van der Waals surface area contributed by atoms with Crippen LogP contribution >= 0.6 is 0 Å². The molecule has 2 aromatic rings. The second kappa shape index (κ2) is 6.73. The summed E-state index contributed by atoms with van der Waals surface area (Å²) in [5.74, 6) is 5.19.